The molecule has 4 aliphatic rings. The fraction of sp³-hybridized carbons (Fsp3) is 0.962. The molecule has 0 bridgehead atoms. The Morgan fingerprint density at radius 1 is 0.741 bits per heavy atom. The Balaban J connectivity index is 1.24. The number of unbranched alkanes of at least 4 members (excludes halogenated alkanes) is 1. The molecule has 0 aromatic carbocycles. The van der Waals surface area contributed by atoms with Gasteiger partial charge in [-0.25, -0.2) is 0 Å². The highest BCUT2D eigenvalue weighted by Crippen LogP contribution is 2.64. The van der Waals surface area contributed by atoms with Crippen molar-refractivity contribution in [2.24, 2.45) is 34.5 Å². The van der Waals surface area contributed by atoms with Gasteiger partial charge in [0.15, 0.2) is 0 Å². The number of carbonyl (C=O) groups excluding carboxylic acids is 1. The summed E-state index contributed by atoms with van der Waals surface area (Å²) in [6, 6.07) is 0. The first kappa shape index (κ1) is 20.0. The molecule has 0 aromatic rings. The molecule has 0 saturated heterocycles. The zero-order chi connectivity index (χ0) is 18.9. The van der Waals surface area contributed by atoms with E-state index in [0.29, 0.717) is 0 Å². The van der Waals surface area contributed by atoms with Crippen molar-refractivity contribution in [3.63, 3.8) is 0 Å². The highest BCUT2D eigenvalue weighted by Gasteiger charge is 2.63. The second-order valence-electron chi connectivity index (χ2n) is 11.2. The number of hydrogen-bond donors (Lipinski definition) is 0. The first-order chi connectivity index (χ1) is 13.1. The van der Waals surface area contributed by atoms with Crippen molar-refractivity contribution in [2.45, 2.75) is 123 Å². The number of rotatable bonds is 5. The fourth-order valence-electron chi connectivity index (χ4n) is 7.82. The SMILES string of the molecule is CCCCC1CCC([C@H]2CC[C@]3(CC2)C[C@@]2(CCC(CC)CC2)C3=O)CC1. The van der Waals surface area contributed by atoms with Gasteiger partial charge < -0.3 is 0 Å². The van der Waals surface area contributed by atoms with Gasteiger partial charge in [0.1, 0.15) is 5.78 Å². The van der Waals surface area contributed by atoms with Gasteiger partial charge in [0.25, 0.3) is 0 Å². The molecule has 4 aliphatic carbocycles. The zero-order valence-corrected chi connectivity index (χ0v) is 18.2. The lowest BCUT2D eigenvalue weighted by Crippen LogP contribution is -2.59. The molecule has 2 spiro atoms. The van der Waals surface area contributed by atoms with Crippen LogP contribution >= 0.6 is 0 Å². The lowest BCUT2D eigenvalue weighted by molar-refractivity contribution is -0.169. The van der Waals surface area contributed by atoms with Crippen molar-refractivity contribution in [1.82, 2.24) is 0 Å². The predicted molar refractivity (Wildman–Crippen MR) is 114 cm³/mol. The lowest BCUT2D eigenvalue weighted by Gasteiger charge is -2.59. The van der Waals surface area contributed by atoms with Gasteiger partial charge in [-0.1, -0.05) is 52.4 Å². The summed E-state index contributed by atoms with van der Waals surface area (Å²) in [5.41, 5.74) is 0.295. The van der Waals surface area contributed by atoms with Crippen molar-refractivity contribution < 1.29 is 4.79 Å². The van der Waals surface area contributed by atoms with Gasteiger partial charge in [0.2, 0.25) is 0 Å². The number of carbonyl (C=O) groups is 1. The van der Waals surface area contributed by atoms with E-state index in [1.165, 1.54) is 109 Å². The highest BCUT2D eigenvalue weighted by atomic mass is 16.1. The maximum atomic E-state index is 13.3. The molecule has 0 aliphatic heterocycles. The van der Waals surface area contributed by atoms with E-state index in [0.717, 1.165) is 29.5 Å². The quantitative estimate of drug-likeness (QED) is 0.483. The molecule has 0 N–H and O–H groups in total. The molecule has 0 aromatic heterocycles. The Labute approximate surface area is 168 Å². The van der Waals surface area contributed by atoms with Gasteiger partial charge in [0.05, 0.1) is 0 Å². The Morgan fingerprint density at radius 2 is 1.30 bits per heavy atom. The number of ketones is 1. The predicted octanol–water partition coefficient (Wildman–Crippen LogP) is 7.72. The summed E-state index contributed by atoms with van der Waals surface area (Å²) in [6.07, 6.45) is 23.1. The van der Waals surface area contributed by atoms with E-state index in [-0.39, 0.29) is 10.8 Å². The summed E-state index contributed by atoms with van der Waals surface area (Å²) in [7, 11) is 0. The monoisotopic (exact) mass is 372 g/mol. The average Bonchev–Trinajstić information content (AvgIpc) is 2.73. The molecule has 4 fully saturated rings. The Hall–Kier alpha value is -0.330. The molecular formula is C26H44O. The molecule has 154 valence electrons. The third-order valence-corrected chi connectivity index (χ3v) is 9.79. The van der Waals surface area contributed by atoms with Crippen molar-refractivity contribution in [2.75, 3.05) is 0 Å². The van der Waals surface area contributed by atoms with Crippen molar-refractivity contribution >= 4 is 5.78 Å². The summed E-state index contributed by atoms with van der Waals surface area (Å²) in [6.45, 7) is 4.65. The van der Waals surface area contributed by atoms with E-state index in [4.69, 9.17) is 0 Å². The standard InChI is InChI=1S/C26H44O/c1-3-5-6-21-7-9-22(10-8-21)23-13-17-26(18-14-23)19-25(24(26)27)15-11-20(4-2)12-16-25/h20-23H,3-19H2,1-2H3/t20?,21?,22?,23-,25-,26-. The van der Waals surface area contributed by atoms with E-state index in [1.807, 2.05) is 0 Å². The molecule has 4 saturated carbocycles. The second-order valence-corrected chi connectivity index (χ2v) is 11.2. The highest BCUT2D eigenvalue weighted by molar-refractivity contribution is 5.96. The van der Waals surface area contributed by atoms with E-state index < -0.39 is 0 Å². The minimum absolute atomic E-state index is 0.147. The van der Waals surface area contributed by atoms with Gasteiger partial charge in [-0.05, 0) is 94.3 Å². The van der Waals surface area contributed by atoms with Gasteiger partial charge in [-0.15, -0.1) is 0 Å². The summed E-state index contributed by atoms with van der Waals surface area (Å²) in [5.74, 6) is 4.60. The van der Waals surface area contributed by atoms with Crippen LogP contribution in [0, 0.1) is 34.5 Å². The van der Waals surface area contributed by atoms with Crippen molar-refractivity contribution in [3.05, 3.63) is 0 Å². The second kappa shape index (κ2) is 8.19. The van der Waals surface area contributed by atoms with Crippen LogP contribution in [0.3, 0.4) is 0 Å². The van der Waals surface area contributed by atoms with Gasteiger partial charge >= 0.3 is 0 Å². The Morgan fingerprint density at radius 3 is 1.81 bits per heavy atom. The molecular weight excluding hydrogens is 328 g/mol. The Kier molecular flexibility index (Phi) is 6.06. The van der Waals surface area contributed by atoms with Crippen LogP contribution in [0.2, 0.25) is 0 Å². The fourth-order valence-corrected chi connectivity index (χ4v) is 7.82. The van der Waals surface area contributed by atoms with Crippen LogP contribution in [-0.2, 0) is 4.79 Å². The maximum Gasteiger partial charge on any atom is 0.145 e. The van der Waals surface area contributed by atoms with Crippen LogP contribution in [0.25, 0.3) is 0 Å². The Bertz CT molecular complexity index is 496. The average molecular weight is 373 g/mol. The largest absolute Gasteiger partial charge is 0.298 e. The minimum Gasteiger partial charge on any atom is -0.298 e. The normalized spacial score (nSPS) is 45.2. The summed E-state index contributed by atoms with van der Waals surface area (Å²) in [4.78, 5) is 13.3. The molecule has 4 rings (SSSR count). The van der Waals surface area contributed by atoms with Gasteiger partial charge in [-0.3, -0.25) is 4.79 Å². The van der Waals surface area contributed by atoms with Gasteiger partial charge in [0, 0.05) is 10.8 Å². The molecule has 0 atom stereocenters. The minimum atomic E-state index is 0.147. The van der Waals surface area contributed by atoms with E-state index >= 15 is 0 Å². The van der Waals surface area contributed by atoms with Crippen LogP contribution in [0.4, 0.5) is 0 Å². The molecule has 0 amide bonds. The molecule has 1 heteroatoms. The first-order valence-corrected chi connectivity index (χ1v) is 12.7. The molecule has 27 heavy (non-hydrogen) atoms. The topological polar surface area (TPSA) is 17.1 Å². The van der Waals surface area contributed by atoms with Crippen LogP contribution in [0.5, 0.6) is 0 Å². The maximum absolute atomic E-state index is 13.3. The summed E-state index contributed by atoms with van der Waals surface area (Å²) >= 11 is 0. The van der Waals surface area contributed by atoms with Crippen molar-refractivity contribution in [3.8, 4) is 0 Å². The van der Waals surface area contributed by atoms with E-state index in [2.05, 4.69) is 13.8 Å². The molecule has 0 unspecified atom stereocenters. The smallest absolute Gasteiger partial charge is 0.145 e. The van der Waals surface area contributed by atoms with E-state index in [1.54, 1.807) is 0 Å². The lowest BCUT2D eigenvalue weighted by atomic mass is 9.43. The van der Waals surface area contributed by atoms with Crippen LogP contribution < -0.4 is 0 Å². The summed E-state index contributed by atoms with van der Waals surface area (Å²) < 4.78 is 0. The van der Waals surface area contributed by atoms with Crippen molar-refractivity contribution in [1.29, 1.82) is 0 Å². The molecule has 1 nitrogen and oxygen atoms in total. The van der Waals surface area contributed by atoms with Gasteiger partial charge in [-0.2, -0.15) is 0 Å². The number of Topliss-reactive ketones (excluding diaryl/α,β-unsaturated/α-hetero) is 1. The number of hydrogen-bond acceptors (Lipinski definition) is 1. The van der Waals surface area contributed by atoms with Crippen LogP contribution in [0.15, 0.2) is 0 Å². The molecule has 0 heterocycles. The van der Waals surface area contributed by atoms with Crippen LogP contribution in [0.1, 0.15) is 123 Å². The zero-order valence-electron chi connectivity index (χ0n) is 18.2. The third kappa shape index (κ3) is 3.78. The third-order valence-electron chi connectivity index (χ3n) is 9.79. The first-order valence-electron chi connectivity index (χ1n) is 12.7. The summed E-state index contributed by atoms with van der Waals surface area (Å²) in [5, 5.41) is 0. The van der Waals surface area contributed by atoms with E-state index in [9.17, 15) is 4.79 Å². The van der Waals surface area contributed by atoms with Crippen LogP contribution in [-0.4, -0.2) is 5.78 Å². The molecule has 0 radical (unpaired) electrons.